The van der Waals surface area contributed by atoms with Crippen LogP contribution in [0.5, 0.6) is 0 Å². The second-order valence-electron chi connectivity index (χ2n) is 10.0. The van der Waals surface area contributed by atoms with E-state index in [0.717, 1.165) is 40.6 Å². The molecule has 1 heterocycles. The smallest absolute Gasteiger partial charge is 0.276 e. The third-order valence-corrected chi connectivity index (χ3v) is 8.24. The number of benzene rings is 3. The van der Waals surface area contributed by atoms with Crippen LogP contribution in [0.25, 0.3) is 16.5 Å². The zero-order chi connectivity index (χ0) is 22.1. The van der Waals surface area contributed by atoms with Crippen LogP contribution in [0.15, 0.2) is 72.8 Å². The van der Waals surface area contributed by atoms with Gasteiger partial charge in [0.25, 0.3) is 5.91 Å². The van der Waals surface area contributed by atoms with Crippen LogP contribution >= 0.6 is 0 Å². The molecular weight excluding hydrogens is 394 g/mol. The first-order valence-corrected chi connectivity index (χ1v) is 11.4. The number of para-hydroxylation sites is 1. The highest BCUT2D eigenvalue weighted by molar-refractivity contribution is 6.05. The lowest BCUT2D eigenvalue weighted by Crippen LogP contribution is -2.33. The van der Waals surface area contributed by atoms with E-state index in [0.29, 0.717) is 11.6 Å². The summed E-state index contributed by atoms with van der Waals surface area (Å²) in [6.07, 6.45) is 2.23. The maximum Gasteiger partial charge on any atom is 0.276 e. The number of amides is 1. The van der Waals surface area contributed by atoms with E-state index < -0.39 is 0 Å². The number of nitrogens with one attached hydrogen (secondary N) is 1. The van der Waals surface area contributed by atoms with Crippen molar-refractivity contribution in [1.29, 1.82) is 0 Å². The van der Waals surface area contributed by atoms with Gasteiger partial charge in [0.2, 0.25) is 0 Å². The topological polar surface area (TPSA) is 46.9 Å². The molecule has 0 aliphatic heterocycles. The van der Waals surface area contributed by atoms with Crippen molar-refractivity contribution < 1.29 is 4.79 Å². The molecule has 2 atom stereocenters. The Hall–Kier alpha value is -3.40. The van der Waals surface area contributed by atoms with Crippen molar-refractivity contribution in [1.82, 2.24) is 9.78 Å². The predicted octanol–water partition coefficient (Wildman–Crippen LogP) is 6.45. The normalized spacial score (nSPS) is 22.8. The minimum atomic E-state index is -0.127. The number of anilines is 1. The van der Waals surface area contributed by atoms with E-state index in [9.17, 15) is 4.79 Å². The highest BCUT2D eigenvalue weighted by Crippen LogP contribution is 2.68. The van der Waals surface area contributed by atoms with E-state index in [-0.39, 0.29) is 16.7 Å². The summed E-state index contributed by atoms with van der Waals surface area (Å²) in [7, 11) is 0. The number of fused-ring (bicyclic) bond motifs is 6. The van der Waals surface area contributed by atoms with Gasteiger partial charge in [-0.1, -0.05) is 69.3 Å². The van der Waals surface area contributed by atoms with Gasteiger partial charge in [0, 0.05) is 16.7 Å². The molecule has 1 aromatic heterocycles. The standard InChI is InChI=1S/C28H27N3O/c1-27(2)22-15-16-28(27,3)25-23(22)24(30-31(25)21-11-5-4-6-12-21)26(32)29-20-14-13-18-9-7-8-10-19(18)17-20/h4-14,17,22H,15-16H2,1-3H3,(H,29,32)/t22-,28+/m0/s1. The molecule has 4 aromatic rings. The number of nitrogens with zero attached hydrogens (tertiary/aromatic N) is 2. The van der Waals surface area contributed by atoms with Crippen LogP contribution in [-0.2, 0) is 5.41 Å². The maximum atomic E-state index is 13.6. The molecule has 4 heteroatoms. The molecule has 160 valence electrons. The van der Waals surface area contributed by atoms with Crippen molar-refractivity contribution in [2.45, 2.75) is 44.9 Å². The fraction of sp³-hybridized carbons (Fsp3) is 0.286. The van der Waals surface area contributed by atoms with Crippen molar-refractivity contribution in [2.75, 3.05) is 5.32 Å². The number of hydrogen-bond acceptors (Lipinski definition) is 2. The lowest BCUT2D eigenvalue weighted by molar-refractivity contribution is 0.101. The van der Waals surface area contributed by atoms with Gasteiger partial charge >= 0.3 is 0 Å². The van der Waals surface area contributed by atoms with E-state index in [1.54, 1.807) is 0 Å². The van der Waals surface area contributed by atoms with Crippen LogP contribution in [0, 0.1) is 5.41 Å². The molecule has 0 spiro atoms. The maximum absolute atomic E-state index is 13.6. The average molecular weight is 422 g/mol. The van der Waals surface area contributed by atoms with Gasteiger partial charge in [0.15, 0.2) is 5.69 Å². The first-order valence-electron chi connectivity index (χ1n) is 11.4. The number of aromatic nitrogens is 2. The highest BCUT2D eigenvalue weighted by atomic mass is 16.2. The van der Waals surface area contributed by atoms with Gasteiger partial charge in [-0.2, -0.15) is 5.10 Å². The molecule has 2 bridgehead atoms. The van der Waals surface area contributed by atoms with Gasteiger partial charge in [-0.25, -0.2) is 4.68 Å². The average Bonchev–Trinajstić information content (AvgIpc) is 3.36. The summed E-state index contributed by atoms with van der Waals surface area (Å²) in [5.74, 6) is 0.218. The first-order chi connectivity index (χ1) is 15.4. The zero-order valence-corrected chi connectivity index (χ0v) is 18.7. The molecule has 0 saturated heterocycles. The van der Waals surface area contributed by atoms with E-state index >= 15 is 0 Å². The van der Waals surface area contributed by atoms with E-state index in [4.69, 9.17) is 5.10 Å². The summed E-state index contributed by atoms with van der Waals surface area (Å²) in [6, 6.07) is 24.4. The molecule has 0 unspecified atom stereocenters. The first kappa shape index (κ1) is 19.3. The predicted molar refractivity (Wildman–Crippen MR) is 129 cm³/mol. The molecule has 6 rings (SSSR count). The van der Waals surface area contributed by atoms with Gasteiger partial charge in [0.05, 0.1) is 11.4 Å². The largest absolute Gasteiger partial charge is 0.321 e. The van der Waals surface area contributed by atoms with Crippen molar-refractivity contribution in [3.63, 3.8) is 0 Å². The lowest BCUT2D eigenvalue weighted by atomic mass is 9.70. The summed E-state index contributed by atoms with van der Waals surface area (Å²) in [6.45, 7) is 7.06. The molecule has 4 nitrogen and oxygen atoms in total. The molecule has 0 radical (unpaired) electrons. The Balaban J connectivity index is 1.47. The Morgan fingerprint density at radius 2 is 1.69 bits per heavy atom. The van der Waals surface area contributed by atoms with E-state index in [1.165, 1.54) is 5.69 Å². The lowest BCUT2D eigenvalue weighted by Gasteiger charge is -2.35. The second kappa shape index (κ2) is 6.55. The third-order valence-electron chi connectivity index (χ3n) is 8.24. The van der Waals surface area contributed by atoms with Crippen molar-refractivity contribution in [3.8, 4) is 5.69 Å². The molecular formula is C28H27N3O. The zero-order valence-electron chi connectivity index (χ0n) is 18.7. The van der Waals surface area contributed by atoms with E-state index in [1.807, 2.05) is 53.2 Å². The van der Waals surface area contributed by atoms with Crippen LogP contribution in [0.4, 0.5) is 5.69 Å². The Kier molecular flexibility index (Phi) is 3.95. The fourth-order valence-corrected chi connectivity index (χ4v) is 6.10. The number of rotatable bonds is 3. The second-order valence-corrected chi connectivity index (χ2v) is 10.0. The molecule has 1 saturated carbocycles. The minimum absolute atomic E-state index is 0.00266. The monoisotopic (exact) mass is 421 g/mol. The van der Waals surface area contributed by atoms with Crippen molar-refractivity contribution in [3.05, 3.63) is 89.7 Å². The van der Waals surface area contributed by atoms with Crippen molar-refractivity contribution in [2.24, 2.45) is 5.41 Å². The SMILES string of the molecule is CC1(C)[C@H]2CC[C@]1(C)c1c2c(C(=O)Nc2ccc3ccccc3c2)nn1-c1ccccc1. The molecule has 1 amide bonds. The van der Waals surface area contributed by atoms with Crippen LogP contribution in [0.1, 0.15) is 61.3 Å². The molecule has 3 aromatic carbocycles. The number of carbonyl (C=O) groups excluding carboxylic acids is 1. The summed E-state index contributed by atoms with van der Waals surface area (Å²) in [4.78, 5) is 13.6. The van der Waals surface area contributed by atoms with Gasteiger partial charge in [0.1, 0.15) is 0 Å². The minimum Gasteiger partial charge on any atom is -0.321 e. The molecule has 2 aliphatic rings. The molecule has 1 fully saturated rings. The van der Waals surface area contributed by atoms with Crippen molar-refractivity contribution >= 4 is 22.4 Å². The highest BCUT2D eigenvalue weighted by Gasteiger charge is 2.63. The Bertz CT molecular complexity index is 1370. The van der Waals surface area contributed by atoms with Crippen LogP contribution in [0.3, 0.4) is 0 Å². The van der Waals surface area contributed by atoms with Gasteiger partial charge in [-0.15, -0.1) is 0 Å². The Labute approximate surface area is 188 Å². The third kappa shape index (κ3) is 2.49. The number of carbonyl (C=O) groups is 1. The van der Waals surface area contributed by atoms with Gasteiger partial charge in [-0.05, 0) is 59.2 Å². The Morgan fingerprint density at radius 1 is 0.969 bits per heavy atom. The van der Waals surface area contributed by atoms with Crippen LogP contribution in [0.2, 0.25) is 0 Å². The quantitative estimate of drug-likeness (QED) is 0.413. The summed E-state index contributed by atoms with van der Waals surface area (Å²) in [5, 5.41) is 10.3. The summed E-state index contributed by atoms with van der Waals surface area (Å²) < 4.78 is 2.03. The van der Waals surface area contributed by atoms with Gasteiger partial charge < -0.3 is 5.32 Å². The van der Waals surface area contributed by atoms with Crippen LogP contribution < -0.4 is 5.32 Å². The molecule has 32 heavy (non-hydrogen) atoms. The summed E-state index contributed by atoms with van der Waals surface area (Å²) >= 11 is 0. The molecule has 1 N–H and O–H groups in total. The van der Waals surface area contributed by atoms with E-state index in [2.05, 4.69) is 50.4 Å². The van der Waals surface area contributed by atoms with Gasteiger partial charge in [-0.3, -0.25) is 4.79 Å². The van der Waals surface area contributed by atoms with Crippen LogP contribution in [-0.4, -0.2) is 15.7 Å². The Morgan fingerprint density at radius 3 is 2.47 bits per heavy atom. The fourth-order valence-electron chi connectivity index (χ4n) is 6.10. The summed E-state index contributed by atoms with van der Waals surface area (Å²) in [5.41, 5.74) is 4.83. The number of hydrogen-bond donors (Lipinski definition) is 1. The molecule has 2 aliphatic carbocycles.